The summed E-state index contributed by atoms with van der Waals surface area (Å²) in [6.07, 6.45) is 1.26. The lowest BCUT2D eigenvalue weighted by Crippen LogP contribution is -2.37. The Kier molecular flexibility index (Phi) is 6.01. The van der Waals surface area contributed by atoms with Gasteiger partial charge in [-0.2, -0.15) is 0 Å². The molecule has 1 N–H and O–H groups in total. The van der Waals surface area contributed by atoms with Crippen LogP contribution in [0.5, 0.6) is 5.75 Å². The number of benzene rings is 1. The predicted octanol–water partition coefficient (Wildman–Crippen LogP) is 2.25. The molecule has 2 atom stereocenters. The Morgan fingerprint density at radius 3 is 2.29 bits per heavy atom. The second kappa shape index (κ2) is 7.30. The molecule has 0 aliphatic rings. The Morgan fingerprint density at radius 1 is 1.12 bits per heavy atom. The van der Waals surface area contributed by atoms with E-state index in [1.807, 2.05) is 12.1 Å². The maximum atomic E-state index is 5.27. The van der Waals surface area contributed by atoms with Crippen LogP contribution >= 0.6 is 0 Å². The van der Waals surface area contributed by atoms with Crippen LogP contribution in [0.1, 0.15) is 19.4 Å². The molecule has 0 heterocycles. The van der Waals surface area contributed by atoms with E-state index in [9.17, 15) is 0 Å². The summed E-state index contributed by atoms with van der Waals surface area (Å²) in [5, 5.41) is 3.45. The maximum absolute atomic E-state index is 5.27. The van der Waals surface area contributed by atoms with Crippen LogP contribution in [0.4, 0.5) is 0 Å². The SMILES string of the molecule is COc1ccc(CCNC(C)C(C)OC)cc1. The van der Waals surface area contributed by atoms with E-state index in [1.54, 1.807) is 14.2 Å². The molecule has 0 saturated carbocycles. The van der Waals surface area contributed by atoms with Crippen molar-refractivity contribution in [3.05, 3.63) is 29.8 Å². The van der Waals surface area contributed by atoms with Crippen molar-refractivity contribution >= 4 is 0 Å². The Bertz CT molecular complexity index is 311. The molecule has 96 valence electrons. The molecule has 0 spiro atoms. The second-order valence-corrected chi connectivity index (χ2v) is 4.28. The standard InChI is InChI=1S/C14H23NO2/c1-11(12(2)16-3)15-10-9-13-5-7-14(17-4)8-6-13/h5-8,11-12,15H,9-10H2,1-4H3. The number of hydrogen-bond acceptors (Lipinski definition) is 3. The zero-order valence-electron chi connectivity index (χ0n) is 11.2. The van der Waals surface area contributed by atoms with Crippen LogP contribution in [-0.4, -0.2) is 32.9 Å². The molecular weight excluding hydrogens is 214 g/mol. The van der Waals surface area contributed by atoms with Gasteiger partial charge in [0, 0.05) is 13.2 Å². The van der Waals surface area contributed by atoms with Crippen molar-refractivity contribution < 1.29 is 9.47 Å². The molecule has 17 heavy (non-hydrogen) atoms. The molecular formula is C14H23NO2. The number of hydrogen-bond donors (Lipinski definition) is 1. The van der Waals surface area contributed by atoms with Gasteiger partial charge in [-0.1, -0.05) is 12.1 Å². The minimum atomic E-state index is 0.242. The summed E-state index contributed by atoms with van der Waals surface area (Å²) in [5.74, 6) is 0.906. The molecule has 0 aliphatic carbocycles. The van der Waals surface area contributed by atoms with Crippen molar-refractivity contribution in [3.8, 4) is 5.75 Å². The summed E-state index contributed by atoms with van der Waals surface area (Å²) in [4.78, 5) is 0. The van der Waals surface area contributed by atoms with Gasteiger partial charge >= 0.3 is 0 Å². The summed E-state index contributed by atoms with van der Waals surface area (Å²) in [7, 11) is 3.43. The van der Waals surface area contributed by atoms with E-state index in [0.29, 0.717) is 6.04 Å². The monoisotopic (exact) mass is 237 g/mol. The van der Waals surface area contributed by atoms with Gasteiger partial charge in [0.05, 0.1) is 13.2 Å². The lowest BCUT2D eigenvalue weighted by atomic mass is 10.1. The average Bonchev–Trinajstić information content (AvgIpc) is 2.38. The Morgan fingerprint density at radius 2 is 1.76 bits per heavy atom. The first-order valence-corrected chi connectivity index (χ1v) is 6.06. The van der Waals surface area contributed by atoms with Gasteiger partial charge in [0.1, 0.15) is 5.75 Å². The fourth-order valence-corrected chi connectivity index (χ4v) is 1.61. The van der Waals surface area contributed by atoms with E-state index in [4.69, 9.17) is 9.47 Å². The van der Waals surface area contributed by atoms with Crippen molar-refractivity contribution in [1.29, 1.82) is 0 Å². The van der Waals surface area contributed by atoms with Crippen LogP contribution in [0.3, 0.4) is 0 Å². The third kappa shape index (κ3) is 4.75. The maximum Gasteiger partial charge on any atom is 0.118 e. The minimum absolute atomic E-state index is 0.242. The Labute approximate surface area is 104 Å². The largest absolute Gasteiger partial charge is 0.497 e. The van der Waals surface area contributed by atoms with Crippen LogP contribution in [0.2, 0.25) is 0 Å². The van der Waals surface area contributed by atoms with E-state index < -0.39 is 0 Å². The van der Waals surface area contributed by atoms with Crippen molar-refractivity contribution in [1.82, 2.24) is 5.32 Å². The first-order chi connectivity index (χ1) is 8.17. The molecule has 1 aromatic rings. The number of rotatable bonds is 7. The molecule has 0 radical (unpaired) electrons. The number of methoxy groups -OCH3 is 2. The molecule has 1 rings (SSSR count). The highest BCUT2D eigenvalue weighted by atomic mass is 16.5. The summed E-state index contributed by atoms with van der Waals surface area (Å²) < 4.78 is 10.4. The lowest BCUT2D eigenvalue weighted by molar-refractivity contribution is 0.0890. The average molecular weight is 237 g/mol. The molecule has 0 bridgehead atoms. The number of nitrogens with one attached hydrogen (secondary N) is 1. The van der Waals surface area contributed by atoms with Crippen molar-refractivity contribution in [3.63, 3.8) is 0 Å². The highest BCUT2D eigenvalue weighted by Crippen LogP contribution is 2.11. The fourth-order valence-electron chi connectivity index (χ4n) is 1.61. The fraction of sp³-hybridized carbons (Fsp3) is 0.571. The van der Waals surface area contributed by atoms with Gasteiger partial charge in [-0.15, -0.1) is 0 Å². The molecule has 0 aliphatic heterocycles. The first-order valence-electron chi connectivity index (χ1n) is 6.06. The first kappa shape index (κ1) is 14.0. The van der Waals surface area contributed by atoms with Gasteiger partial charge in [-0.25, -0.2) is 0 Å². The van der Waals surface area contributed by atoms with Crippen LogP contribution in [0.15, 0.2) is 24.3 Å². The Hall–Kier alpha value is -1.06. The topological polar surface area (TPSA) is 30.5 Å². The quantitative estimate of drug-likeness (QED) is 0.789. The van der Waals surface area contributed by atoms with Gasteiger partial charge in [-0.05, 0) is 44.5 Å². The van der Waals surface area contributed by atoms with Crippen LogP contribution in [0, 0.1) is 0 Å². The van der Waals surface area contributed by atoms with Gasteiger partial charge in [-0.3, -0.25) is 0 Å². The van der Waals surface area contributed by atoms with Gasteiger partial charge in [0.15, 0.2) is 0 Å². The molecule has 0 fully saturated rings. The third-order valence-electron chi connectivity index (χ3n) is 3.11. The van der Waals surface area contributed by atoms with E-state index in [-0.39, 0.29) is 6.10 Å². The smallest absolute Gasteiger partial charge is 0.118 e. The van der Waals surface area contributed by atoms with E-state index in [0.717, 1.165) is 18.7 Å². The van der Waals surface area contributed by atoms with E-state index in [1.165, 1.54) is 5.56 Å². The predicted molar refractivity (Wildman–Crippen MR) is 70.6 cm³/mol. The summed E-state index contributed by atoms with van der Waals surface area (Å²) >= 11 is 0. The van der Waals surface area contributed by atoms with Gasteiger partial charge in [0.25, 0.3) is 0 Å². The molecule has 3 nitrogen and oxygen atoms in total. The lowest BCUT2D eigenvalue weighted by Gasteiger charge is -2.19. The van der Waals surface area contributed by atoms with E-state index in [2.05, 4.69) is 31.3 Å². The molecule has 1 aromatic carbocycles. The molecule has 0 saturated heterocycles. The van der Waals surface area contributed by atoms with Gasteiger partial charge in [0.2, 0.25) is 0 Å². The summed E-state index contributed by atoms with van der Waals surface area (Å²) in [6.45, 7) is 5.18. The van der Waals surface area contributed by atoms with Crippen LogP contribution in [0.25, 0.3) is 0 Å². The summed E-state index contributed by atoms with van der Waals surface area (Å²) in [6, 6.07) is 8.57. The highest BCUT2D eigenvalue weighted by molar-refractivity contribution is 5.27. The summed E-state index contributed by atoms with van der Waals surface area (Å²) in [5.41, 5.74) is 1.32. The minimum Gasteiger partial charge on any atom is -0.497 e. The van der Waals surface area contributed by atoms with Crippen LogP contribution in [-0.2, 0) is 11.2 Å². The normalized spacial score (nSPS) is 14.4. The molecule has 3 heteroatoms. The Balaban J connectivity index is 2.30. The molecule has 2 unspecified atom stereocenters. The van der Waals surface area contributed by atoms with Crippen molar-refractivity contribution in [2.45, 2.75) is 32.4 Å². The highest BCUT2D eigenvalue weighted by Gasteiger charge is 2.09. The van der Waals surface area contributed by atoms with Crippen LogP contribution < -0.4 is 10.1 Å². The van der Waals surface area contributed by atoms with E-state index >= 15 is 0 Å². The zero-order valence-corrected chi connectivity index (χ0v) is 11.2. The second-order valence-electron chi connectivity index (χ2n) is 4.28. The zero-order chi connectivity index (χ0) is 12.7. The van der Waals surface area contributed by atoms with Crippen molar-refractivity contribution in [2.75, 3.05) is 20.8 Å². The molecule has 0 amide bonds. The number of ether oxygens (including phenoxy) is 2. The van der Waals surface area contributed by atoms with Gasteiger partial charge < -0.3 is 14.8 Å². The molecule has 0 aromatic heterocycles. The third-order valence-corrected chi connectivity index (χ3v) is 3.11. The van der Waals surface area contributed by atoms with Crippen molar-refractivity contribution in [2.24, 2.45) is 0 Å².